The second-order valence-corrected chi connectivity index (χ2v) is 6.98. The molecular formula is C20H18N6O2. The standard InChI is InChI=1S/C20H18N6O2/c1-25-10-13(15-5-2-3-6-16(15)25)9-17(27)26-11-14(12-26)20-23-19(24-28-20)18-21-7-4-8-22-18/h2-8,10,14H,9,11-12H2,1H3. The molecule has 0 radical (unpaired) electrons. The van der Waals surface area contributed by atoms with Gasteiger partial charge in [0.25, 0.3) is 0 Å². The van der Waals surface area contributed by atoms with Crippen molar-refractivity contribution in [3.8, 4) is 11.6 Å². The number of hydrogen-bond donors (Lipinski definition) is 0. The first kappa shape index (κ1) is 16.6. The molecule has 0 atom stereocenters. The maximum atomic E-state index is 12.7. The minimum atomic E-state index is 0.0569. The van der Waals surface area contributed by atoms with E-state index in [0.29, 0.717) is 37.0 Å². The van der Waals surface area contributed by atoms with Crippen LogP contribution in [0.1, 0.15) is 17.4 Å². The third-order valence-electron chi connectivity index (χ3n) is 5.11. The highest BCUT2D eigenvalue weighted by molar-refractivity contribution is 5.89. The fraction of sp³-hybridized carbons (Fsp3) is 0.250. The first-order valence-electron chi connectivity index (χ1n) is 9.11. The Kier molecular flexibility index (Phi) is 3.89. The number of aromatic nitrogens is 5. The second-order valence-electron chi connectivity index (χ2n) is 6.98. The summed E-state index contributed by atoms with van der Waals surface area (Å²) in [4.78, 5) is 27.1. The van der Waals surface area contributed by atoms with Crippen molar-refractivity contribution in [2.75, 3.05) is 13.1 Å². The van der Waals surface area contributed by atoms with Gasteiger partial charge in [-0.15, -0.1) is 0 Å². The van der Waals surface area contributed by atoms with Crippen molar-refractivity contribution in [1.29, 1.82) is 0 Å². The summed E-state index contributed by atoms with van der Waals surface area (Å²) >= 11 is 0. The number of aryl methyl sites for hydroxylation is 1. The molecular weight excluding hydrogens is 356 g/mol. The number of fused-ring (bicyclic) bond motifs is 1. The lowest BCUT2D eigenvalue weighted by molar-refractivity contribution is -0.135. The molecule has 5 rings (SSSR count). The zero-order valence-electron chi connectivity index (χ0n) is 15.3. The number of benzene rings is 1. The van der Waals surface area contributed by atoms with Crippen LogP contribution in [0.3, 0.4) is 0 Å². The highest BCUT2D eigenvalue weighted by atomic mass is 16.5. The van der Waals surface area contributed by atoms with Gasteiger partial charge in [0.05, 0.1) is 12.3 Å². The quantitative estimate of drug-likeness (QED) is 0.544. The summed E-state index contributed by atoms with van der Waals surface area (Å²) in [5, 5.41) is 5.07. The minimum absolute atomic E-state index is 0.0569. The number of carbonyl (C=O) groups excluding carboxylic acids is 1. The number of hydrogen-bond acceptors (Lipinski definition) is 6. The second kappa shape index (κ2) is 6.56. The van der Waals surface area contributed by atoms with Crippen LogP contribution in [-0.2, 0) is 18.3 Å². The number of nitrogens with zero attached hydrogens (tertiary/aromatic N) is 6. The van der Waals surface area contributed by atoms with Crippen molar-refractivity contribution in [1.82, 2.24) is 29.6 Å². The first-order valence-corrected chi connectivity index (χ1v) is 9.11. The fourth-order valence-corrected chi connectivity index (χ4v) is 3.59. The van der Waals surface area contributed by atoms with Crippen molar-refractivity contribution >= 4 is 16.8 Å². The average molecular weight is 374 g/mol. The van der Waals surface area contributed by atoms with E-state index < -0.39 is 0 Å². The van der Waals surface area contributed by atoms with E-state index in [1.165, 1.54) is 0 Å². The lowest BCUT2D eigenvalue weighted by Crippen LogP contribution is -2.49. The molecule has 1 aromatic carbocycles. The van der Waals surface area contributed by atoms with Crippen molar-refractivity contribution in [2.45, 2.75) is 12.3 Å². The number of amides is 1. The van der Waals surface area contributed by atoms with Crippen LogP contribution in [0.5, 0.6) is 0 Å². The molecule has 0 bridgehead atoms. The molecule has 0 unspecified atom stereocenters. The topological polar surface area (TPSA) is 89.9 Å². The molecule has 4 aromatic rings. The van der Waals surface area contributed by atoms with Crippen LogP contribution in [0.25, 0.3) is 22.6 Å². The molecule has 8 heteroatoms. The summed E-state index contributed by atoms with van der Waals surface area (Å²) in [5.74, 6) is 1.49. The van der Waals surface area contributed by atoms with Crippen LogP contribution >= 0.6 is 0 Å². The maximum Gasteiger partial charge on any atom is 0.240 e. The molecule has 0 spiro atoms. The Bertz CT molecular complexity index is 1140. The van der Waals surface area contributed by atoms with Crippen LogP contribution in [0.4, 0.5) is 0 Å². The molecule has 1 amide bonds. The van der Waals surface area contributed by atoms with Gasteiger partial charge in [0.1, 0.15) is 0 Å². The largest absolute Gasteiger partial charge is 0.350 e. The van der Waals surface area contributed by atoms with E-state index in [0.717, 1.165) is 16.5 Å². The Balaban J connectivity index is 1.24. The summed E-state index contributed by atoms with van der Waals surface area (Å²) in [7, 11) is 2.00. The van der Waals surface area contributed by atoms with Gasteiger partial charge < -0.3 is 14.0 Å². The van der Waals surface area contributed by atoms with Gasteiger partial charge in [-0.05, 0) is 17.7 Å². The predicted octanol–water partition coefficient (Wildman–Crippen LogP) is 2.19. The Morgan fingerprint density at radius 3 is 2.75 bits per heavy atom. The number of para-hydroxylation sites is 1. The van der Waals surface area contributed by atoms with Crippen LogP contribution in [0.2, 0.25) is 0 Å². The predicted molar refractivity (Wildman–Crippen MR) is 101 cm³/mol. The fourth-order valence-electron chi connectivity index (χ4n) is 3.59. The third kappa shape index (κ3) is 2.83. The highest BCUT2D eigenvalue weighted by Crippen LogP contribution is 2.28. The van der Waals surface area contributed by atoms with Crippen molar-refractivity contribution in [3.05, 3.63) is 60.4 Å². The van der Waals surface area contributed by atoms with Gasteiger partial charge in [0.2, 0.25) is 23.4 Å². The molecule has 3 aromatic heterocycles. The summed E-state index contributed by atoms with van der Waals surface area (Å²) in [6.07, 6.45) is 5.69. The molecule has 1 fully saturated rings. The zero-order valence-corrected chi connectivity index (χ0v) is 15.3. The van der Waals surface area contributed by atoms with Gasteiger partial charge in [0, 0.05) is 49.6 Å². The highest BCUT2D eigenvalue weighted by Gasteiger charge is 2.35. The molecule has 28 heavy (non-hydrogen) atoms. The molecule has 0 saturated carbocycles. The molecule has 1 aliphatic rings. The normalized spacial score (nSPS) is 14.4. The zero-order chi connectivity index (χ0) is 19.1. The molecule has 0 aliphatic carbocycles. The van der Waals surface area contributed by atoms with E-state index in [1.807, 2.05) is 30.3 Å². The van der Waals surface area contributed by atoms with Crippen LogP contribution in [-0.4, -0.2) is 48.6 Å². The molecule has 1 aliphatic heterocycles. The smallest absolute Gasteiger partial charge is 0.240 e. The third-order valence-corrected chi connectivity index (χ3v) is 5.11. The molecule has 8 nitrogen and oxygen atoms in total. The van der Waals surface area contributed by atoms with Gasteiger partial charge >= 0.3 is 0 Å². The first-order chi connectivity index (χ1) is 13.7. The van der Waals surface area contributed by atoms with Gasteiger partial charge in [-0.2, -0.15) is 4.98 Å². The monoisotopic (exact) mass is 374 g/mol. The summed E-state index contributed by atoms with van der Waals surface area (Å²) < 4.78 is 7.41. The van der Waals surface area contributed by atoms with Crippen LogP contribution in [0.15, 0.2) is 53.4 Å². The number of likely N-dealkylation sites (tertiary alicyclic amines) is 1. The van der Waals surface area contributed by atoms with Gasteiger partial charge in [-0.3, -0.25) is 4.79 Å². The SMILES string of the molecule is Cn1cc(CC(=O)N2CC(c3nc(-c4ncccn4)no3)C2)c2ccccc21. The van der Waals surface area contributed by atoms with Gasteiger partial charge in [-0.25, -0.2) is 9.97 Å². The van der Waals surface area contributed by atoms with Crippen LogP contribution in [0, 0.1) is 0 Å². The Morgan fingerprint density at radius 1 is 1.14 bits per heavy atom. The van der Waals surface area contributed by atoms with Crippen LogP contribution < -0.4 is 0 Å². The van der Waals surface area contributed by atoms with Crippen molar-refractivity contribution in [2.24, 2.45) is 7.05 Å². The van der Waals surface area contributed by atoms with Crippen molar-refractivity contribution < 1.29 is 9.32 Å². The van der Waals surface area contributed by atoms with E-state index >= 15 is 0 Å². The molecule has 0 N–H and O–H groups in total. The summed E-state index contributed by atoms with van der Waals surface area (Å²) in [6.45, 7) is 1.17. The average Bonchev–Trinajstić information content (AvgIpc) is 3.28. The minimum Gasteiger partial charge on any atom is -0.350 e. The number of rotatable bonds is 4. The van der Waals surface area contributed by atoms with Gasteiger partial charge in [-0.1, -0.05) is 23.4 Å². The maximum absolute atomic E-state index is 12.7. The van der Waals surface area contributed by atoms with E-state index in [1.54, 1.807) is 18.5 Å². The van der Waals surface area contributed by atoms with E-state index in [2.05, 4.69) is 36.8 Å². The molecule has 140 valence electrons. The Hall–Kier alpha value is -3.55. The lowest BCUT2D eigenvalue weighted by atomic mass is 9.98. The van der Waals surface area contributed by atoms with Crippen molar-refractivity contribution in [3.63, 3.8) is 0 Å². The molecule has 4 heterocycles. The molecule has 1 saturated heterocycles. The summed E-state index contributed by atoms with van der Waals surface area (Å²) in [6, 6.07) is 9.86. The van der Waals surface area contributed by atoms with Gasteiger partial charge in [0.15, 0.2) is 0 Å². The summed E-state index contributed by atoms with van der Waals surface area (Å²) in [5.41, 5.74) is 2.18. The van der Waals surface area contributed by atoms with E-state index in [-0.39, 0.29) is 11.8 Å². The lowest BCUT2D eigenvalue weighted by Gasteiger charge is -2.37. The van der Waals surface area contributed by atoms with E-state index in [4.69, 9.17) is 4.52 Å². The Labute approximate surface area is 160 Å². The number of carbonyl (C=O) groups is 1. The van der Waals surface area contributed by atoms with E-state index in [9.17, 15) is 4.79 Å². The Morgan fingerprint density at radius 2 is 1.93 bits per heavy atom.